The fourth-order valence-electron chi connectivity index (χ4n) is 2.85. The summed E-state index contributed by atoms with van der Waals surface area (Å²) in [6.07, 6.45) is 0. The summed E-state index contributed by atoms with van der Waals surface area (Å²) in [6, 6.07) is 11.9. The topological polar surface area (TPSA) is 32.8 Å². The molecule has 0 aliphatic carbocycles. The lowest BCUT2D eigenvalue weighted by Crippen LogP contribution is -2.42. The summed E-state index contributed by atoms with van der Waals surface area (Å²) in [5.74, 6) is -0.379. The molecule has 0 saturated heterocycles. The molecule has 0 atom stereocenters. The number of amides is 1. The van der Waals surface area contributed by atoms with Crippen molar-refractivity contribution in [2.45, 2.75) is 6.61 Å². The molecule has 3 rings (SSSR count). The van der Waals surface area contributed by atoms with E-state index in [2.05, 4.69) is 0 Å². The number of benzene rings is 2. The molecule has 0 N–H and O–H groups in total. The van der Waals surface area contributed by atoms with E-state index in [4.69, 9.17) is 4.74 Å². The standard InChI is InChI=1S/C18H19FN2O2/c1-20-8-9-21(16-7-6-15(19)11-17(16)20)18(22)14-5-3-4-13(10-14)12-23-2/h3-7,10-11H,8-9,12H2,1-2H3. The van der Waals surface area contributed by atoms with Gasteiger partial charge in [-0.15, -0.1) is 0 Å². The Morgan fingerprint density at radius 3 is 2.78 bits per heavy atom. The number of ether oxygens (including phenoxy) is 1. The first-order valence-electron chi connectivity index (χ1n) is 7.50. The number of carbonyl (C=O) groups is 1. The zero-order chi connectivity index (χ0) is 16.4. The number of hydrogen-bond donors (Lipinski definition) is 0. The van der Waals surface area contributed by atoms with Crippen LogP contribution in [-0.4, -0.2) is 33.2 Å². The van der Waals surface area contributed by atoms with Crippen molar-refractivity contribution in [3.63, 3.8) is 0 Å². The summed E-state index contributed by atoms with van der Waals surface area (Å²) in [4.78, 5) is 16.6. The summed E-state index contributed by atoms with van der Waals surface area (Å²) >= 11 is 0. The first-order valence-corrected chi connectivity index (χ1v) is 7.50. The Labute approximate surface area is 135 Å². The number of carbonyl (C=O) groups excluding carboxylic acids is 1. The van der Waals surface area contributed by atoms with Crippen molar-refractivity contribution in [2.75, 3.05) is 37.0 Å². The minimum Gasteiger partial charge on any atom is -0.380 e. The Morgan fingerprint density at radius 2 is 2.00 bits per heavy atom. The quantitative estimate of drug-likeness (QED) is 0.873. The summed E-state index contributed by atoms with van der Waals surface area (Å²) in [5.41, 5.74) is 3.03. The zero-order valence-electron chi connectivity index (χ0n) is 13.3. The van der Waals surface area contributed by atoms with Gasteiger partial charge in [-0.3, -0.25) is 4.79 Å². The van der Waals surface area contributed by atoms with E-state index in [1.54, 1.807) is 24.1 Å². The molecule has 120 valence electrons. The van der Waals surface area contributed by atoms with Crippen molar-refractivity contribution in [1.29, 1.82) is 0 Å². The molecule has 1 aliphatic rings. The molecule has 23 heavy (non-hydrogen) atoms. The molecule has 1 amide bonds. The van der Waals surface area contributed by atoms with Crippen molar-refractivity contribution >= 4 is 17.3 Å². The van der Waals surface area contributed by atoms with Crippen molar-refractivity contribution < 1.29 is 13.9 Å². The molecule has 2 aromatic carbocycles. The SMILES string of the molecule is COCc1cccc(C(=O)N2CCN(C)c3cc(F)ccc32)c1. The molecule has 1 aliphatic heterocycles. The molecule has 1 heterocycles. The van der Waals surface area contributed by atoms with Gasteiger partial charge in [0.15, 0.2) is 0 Å². The van der Waals surface area contributed by atoms with E-state index >= 15 is 0 Å². The van der Waals surface area contributed by atoms with Gasteiger partial charge in [-0.05, 0) is 35.9 Å². The van der Waals surface area contributed by atoms with E-state index in [1.165, 1.54) is 12.1 Å². The van der Waals surface area contributed by atoms with Crippen LogP contribution in [0.2, 0.25) is 0 Å². The number of hydrogen-bond acceptors (Lipinski definition) is 3. The predicted molar refractivity (Wildman–Crippen MR) is 88.5 cm³/mol. The molecule has 0 saturated carbocycles. The maximum atomic E-state index is 13.5. The largest absolute Gasteiger partial charge is 0.380 e. The van der Waals surface area contributed by atoms with Crippen molar-refractivity contribution in [1.82, 2.24) is 0 Å². The van der Waals surface area contributed by atoms with Crippen molar-refractivity contribution in [2.24, 2.45) is 0 Å². The van der Waals surface area contributed by atoms with Crippen LogP contribution >= 0.6 is 0 Å². The van der Waals surface area contributed by atoms with Crippen LogP contribution < -0.4 is 9.80 Å². The molecular weight excluding hydrogens is 295 g/mol. The Hall–Kier alpha value is -2.40. The second kappa shape index (κ2) is 6.38. The van der Waals surface area contributed by atoms with Crippen LogP contribution in [0.4, 0.5) is 15.8 Å². The van der Waals surface area contributed by atoms with E-state index in [9.17, 15) is 9.18 Å². The Kier molecular flexibility index (Phi) is 4.30. The Bertz CT molecular complexity index is 733. The fraction of sp³-hybridized carbons (Fsp3) is 0.278. The minimum atomic E-state index is -0.299. The average molecular weight is 314 g/mol. The maximum Gasteiger partial charge on any atom is 0.258 e. The van der Waals surface area contributed by atoms with Gasteiger partial charge in [0.2, 0.25) is 0 Å². The monoisotopic (exact) mass is 314 g/mol. The second-order valence-electron chi connectivity index (χ2n) is 5.64. The second-order valence-corrected chi connectivity index (χ2v) is 5.64. The molecule has 0 bridgehead atoms. The molecule has 0 aromatic heterocycles. The van der Waals surface area contributed by atoms with Gasteiger partial charge in [-0.25, -0.2) is 4.39 Å². The molecule has 4 nitrogen and oxygen atoms in total. The van der Waals surface area contributed by atoms with E-state index in [0.29, 0.717) is 25.3 Å². The first-order chi connectivity index (χ1) is 11.1. The van der Waals surface area contributed by atoms with Gasteiger partial charge in [0.25, 0.3) is 5.91 Å². The highest BCUT2D eigenvalue weighted by Gasteiger charge is 2.26. The van der Waals surface area contributed by atoms with Crippen LogP contribution in [0.5, 0.6) is 0 Å². The lowest BCUT2D eigenvalue weighted by molar-refractivity contribution is 0.0986. The highest BCUT2D eigenvalue weighted by molar-refractivity contribution is 6.08. The summed E-state index contributed by atoms with van der Waals surface area (Å²) in [5, 5.41) is 0. The number of methoxy groups -OCH3 is 1. The van der Waals surface area contributed by atoms with Crippen molar-refractivity contribution in [3.05, 3.63) is 59.4 Å². The normalized spacial score (nSPS) is 13.9. The van der Waals surface area contributed by atoms with E-state index in [1.807, 2.05) is 30.1 Å². The van der Waals surface area contributed by atoms with Crippen LogP contribution in [0.15, 0.2) is 42.5 Å². The van der Waals surface area contributed by atoms with Gasteiger partial charge in [0.1, 0.15) is 5.82 Å². The third-order valence-corrected chi connectivity index (χ3v) is 4.03. The highest BCUT2D eigenvalue weighted by atomic mass is 19.1. The lowest BCUT2D eigenvalue weighted by Gasteiger charge is -2.35. The van der Waals surface area contributed by atoms with E-state index < -0.39 is 0 Å². The lowest BCUT2D eigenvalue weighted by atomic mass is 10.1. The van der Waals surface area contributed by atoms with E-state index in [0.717, 1.165) is 16.9 Å². The number of halogens is 1. The van der Waals surface area contributed by atoms with Gasteiger partial charge >= 0.3 is 0 Å². The molecule has 2 aromatic rings. The maximum absolute atomic E-state index is 13.5. The van der Waals surface area contributed by atoms with Gasteiger partial charge in [0, 0.05) is 32.8 Å². The summed E-state index contributed by atoms with van der Waals surface area (Å²) in [6.45, 7) is 1.70. The highest BCUT2D eigenvalue weighted by Crippen LogP contribution is 2.33. The summed E-state index contributed by atoms with van der Waals surface area (Å²) in [7, 11) is 3.53. The number of rotatable bonds is 3. The Morgan fingerprint density at radius 1 is 1.17 bits per heavy atom. The molecule has 5 heteroatoms. The predicted octanol–water partition coefficient (Wildman–Crippen LogP) is 3.07. The zero-order valence-corrected chi connectivity index (χ0v) is 13.3. The van der Waals surface area contributed by atoms with Crippen LogP contribution in [0.3, 0.4) is 0 Å². The Balaban J connectivity index is 1.95. The molecule has 0 spiro atoms. The molecular formula is C18H19FN2O2. The van der Waals surface area contributed by atoms with Gasteiger partial charge < -0.3 is 14.5 Å². The third kappa shape index (κ3) is 3.05. The van der Waals surface area contributed by atoms with Gasteiger partial charge in [-0.2, -0.15) is 0 Å². The van der Waals surface area contributed by atoms with Gasteiger partial charge in [0.05, 0.1) is 18.0 Å². The smallest absolute Gasteiger partial charge is 0.258 e. The van der Waals surface area contributed by atoms with Gasteiger partial charge in [-0.1, -0.05) is 12.1 Å². The average Bonchev–Trinajstić information content (AvgIpc) is 2.56. The summed E-state index contributed by atoms with van der Waals surface area (Å²) < 4.78 is 18.6. The van der Waals surface area contributed by atoms with E-state index in [-0.39, 0.29) is 11.7 Å². The molecule has 0 radical (unpaired) electrons. The number of fused-ring (bicyclic) bond motifs is 1. The first kappa shape index (κ1) is 15.5. The molecule has 0 unspecified atom stereocenters. The number of anilines is 2. The third-order valence-electron chi connectivity index (χ3n) is 4.03. The number of likely N-dealkylation sites (N-methyl/N-ethyl adjacent to an activating group) is 1. The van der Waals surface area contributed by atoms with Crippen LogP contribution in [0, 0.1) is 5.82 Å². The van der Waals surface area contributed by atoms with Crippen molar-refractivity contribution in [3.8, 4) is 0 Å². The molecule has 0 fully saturated rings. The number of nitrogens with zero attached hydrogens (tertiary/aromatic N) is 2. The van der Waals surface area contributed by atoms with Crippen LogP contribution in [0.1, 0.15) is 15.9 Å². The fourth-order valence-corrected chi connectivity index (χ4v) is 2.85. The van der Waals surface area contributed by atoms with Crippen LogP contribution in [0.25, 0.3) is 0 Å². The minimum absolute atomic E-state index is 0.0797. The van der Waals surface area contributed by atoms with Crippen LogP contribution in [-0.2, 0) is 11.3 Å².